The summed E-state index contributed by atoms with van der Waals surface area (Å²) in [6, 6.07) is 0. The van der Waals surface area contributed by atoms with E-state index in [1.165, 1.54) is 125 Å². The largest absolute Gasteiger partial charge is 1.00 e. The average molecular weight is 531 g/mol. The fraction of sp³-hybridized carbons (Fsp3) is 1.00. The van der Waals surface area contributed by atoms with Crippen LogP contribution in [0.25, 0.3) is 0 Å². The van der Waals surface area contributed by atoms with Gasteiger partial charge in [-0.25, -0.2) is 8.42 Å². The van der Waals surface area contributed by atoms with E-state index in [0.717, 1.165) is 0 Å². The molecular weight excluding hydrogens is 468 g/mol. The lowest BCUT2D eigenvalue weighted by atomic mass is 10.2. The third-order valence-electron chi connectivity index (χ3n) is 6.31. The van der Waals surface area contributed by atoms with Crippen LogP contribution in [0.15, 0.2) is 0 Å². The van der Waals surface area contributed by atoms with Crippen molar-refractivity contribution in [2.45, 2.75) is 119 Å². The molecule has 0 spiro atoms. The van der Waals surface area contributed by atoms with Gasteiger partial charge in [-0.3, -0.25) is 0 Å². The number of nitrogens with zero attached hydrogens (tertiary/aromatic N) is 2. The second kappa shape index (κ2) is 26.2. The van der Waals surface area contributed by atoms with Crippen molar-refractivity contribution >= 4 is 10.1 Å². The third-order valence-corrected chi connectivity index (χ3v) is 6.31. The predicted octanol–water partition coefficient (Wildman–Crippen LogP) is 3.83. The van der Waals surface area contributed by atoms with Gasteiger partial charge in [-0.15, -0.1) is 0 Å². The molecule has 0 saturated heterocycles. The summed E-state index contributed by atoms with van der Waals surface area (Å²) in [6.45, 7) is 22.1. The van der Waals surface area contributed by atoms with Gasteiger partial charge < -0.3 is 25.9 Å². The van der Waals surface area contributed by atoms with E-state index in [1.54, 1.807) is 0 Å². The molecule has 0 radical (unpaired) electrons. The van der Waals surface area contributed by atoms with Crippen LogP contribution >= 0.6 is 0 Å². The zero-order valence-corrected chi connectivity index (χ0v) is 26.2. The molecule has 0 saturated carbocycles. The molecule has 0 rings (SSSR count). The van der Waals surface area contributed by atoms with E-state index in [1.807, 2.05) is 0 Å². The number of halogens is 1. The molecule has 7 heteroatoms. The summed E-state index contributed by atoms with van der Waals surface area (Å²) in [4.78, 5) is 0. The topological polar surface area (TPSA) is 57.2 Å². The van der Waals surface area contributed by atoms with Crippen molar-refractivity contribution in [3.8, 4) is 0 Å². The monoisotopic (exact) mass is 530 g/mol. The number of hydrogen-bond donors (Lipinski definition) is 0. The molecule has 212 valence electrons. The standard InChI is InChI=1S/2C13H30N.CH4O3S.ClH/c2*1-5-8-11-14(4,12-9-6-2)13-10-7-3;1-5(2,3)4;/h2*5-13H2,1-4H3;1H3,(H,2,3,4);1H/q2*+1;;/p-2. The van der Waals surface area contributed by atoms with Crippen LogP contribution in [0.1, 0.15) is 119 Å². The van der Waals surface area contributed by atoms with Crippen LogP contribution in [-0.4, -0.2) is 81.6 Å². The van der Waals surface area contributed by atoms with Crippen LogP contribution < -0.4 is 12.4 Å². The minimum atomic E-state index is -3.92. The molecular formula is C27H63ClN2O3S. The zero-order chi connectivity index (χ0) is 26.2. The van der Waals surface area contributed by atoms with Crippen LogP contribution in [0.2, 0.25) is 0 Å². The lowest BCUT2D eigenvalue weighted by Gasteiger charge is -2.34. The van der Waals surface area contributed by atoms with E-state index >= 15 is 0 Å². The molecule has 0 N–H and O–H groups in total. The first-order valence-electron chi connectivity index (χ1n) is 13.9. The average Bonchev–Trinajstić information content (AvgIpc) is 2.75. The van der Waals surface area contributed by atoms with Crippen LogP contribution in [0.4, 0.5) is 0 Å². The van der Waals surface area contributed by atoms with E-state index in [2.05, 4.69) is 55.6 Å². The normalized spacial score (nSPS) is 11.6. The molecule has 0 unspecified atom stereocenters. The van der Waals surface area contributed by atoms with Crippen molar-refractivity contribution in [2.24, 2.45) is 0 Å². The maximum atomic E-state index is 9.08. The van der Waals surface area contributed by atoms with Gasteiger partial charge in [-0.05, 0) is 38.5 Å². The van der Waals surface area contributed by atoms with Gasteiger partial charge in [0.15, 0.2) is 0 Å². The minimum Gasteiger partial charge on any atom is -1.00 e. The fourth-order valence-electron chi connectivity index (χ4n) is 3.91. The Bertz CT molecular complexity index is 421. The summed E-state index contributed by atoms with van der Waals surface area (Å²) in [6.07, 6.45) is 17.0. The second-order valence-corrected chi connectivity index (χ2v) is 11.8. The molecule has 0 fully saturated rings. The molecule has 34 heavy (non-hydrogen) atoms. The van der Waals surface area contributed by atoms with Crippen molar-refractivity contribution in [1.82, 2.24) is 0 Å². The number of quaternary nitrogens is 2. The molecule has 0 aromatic heterocycles. The zero-order valence-electron chi connectivity index (χ0n) is 24.6. The molecule has 0 aliphatic rings. The van der Waals surface area contributed by atoms with Gasteiger partial charge in [-0.2, -0.15) is 0 Å². The van der Waals surface area contributed by atoms with E-state index in [-0.39, 0.29) is 12.4 Å². The van der Waals surface area contributed by atoms with Gasteiger partial charge in [0.05, 0.1) is 63.5 Å². The highest BCUT2D eigenvalue weighted by molar-refractivity contribution is 7.84. The lowest BCUT2D eigenvalue weighted by Crippen LogP contribution is -3.00. The van der Waals surface area contributed by atoms with Gasteiger partial charge in [0.25, 0.3) is 0 Å². The summed E-state index contributed by atoms with van der Waals surface area (Å²) in [5, 5.41) is 0. The first-order valence-corrected chi connectivity index (χ1v) is 15.8. The smallest absolute Gasteiger partial charge is 0.0916 e. The quantitative estimate of drug-likeness (QED) is 0.200. The van der Waals surface area contributed by atoms with Crippen LogP contribution in [0.5, 0.6) is 0 Å². The maximum absolute atomic E-state index is 9.08. The molecule has 0 aliphatic heterocycles. The van der Waals surface area contributed by atoms with E-state index in [9.17, 15) is 0 Å². The number of hydrogen-bond acceptors (Lipinski definition) is 3. The lowest BCUT2D eigenvalue weighted by molar-refractivity contribution is -0.910. The Morgan fingerprint density at radius 3 is 0.706 bits per heavy atom. The van der Waals surface area contributed by atoms with Gasteiger partial charge in [0.2, 0.25) is 0 Å². The summed E-state index contributed by atoms with van der Waals surface area (Å²) >= 11 is 0. The SMILES string of the molecule is CCCC[N+](C)(CCCC)CCCC.CCCC[N+](C)(CCCC)CCCC.CS(=O)(=O)[O-].[Cl-]. The maximum Gasteiger partial charge on any atom is 0.0916 e. The van der Waals surface area contributed by atoms with Gasteiger partial charge in [-0.1, -0.05) is 80.1 Å². The first kappa shape index (κ1) is 41.3. The number of unbranched alkanes of at least 4 members (excludes halogenated alkanes) is 6. The molecule has 0 aromatic rings. The molecule has 0 amide bonds. The Morgan fingerprint density at radius 1 is 0.500 bits per heavy atom. The Morgan fingerprint density at radius 2 is 0.618 bits per heavy atom. The Kier molecular flexibility index (Phi) is 31.8. The Labute approximate surface area is 222 Å². The molecule has 0 aromatic carbocycles. The first-order chi connectivity index (χ1) is 15.4. The fourth-order valence-corrected chi connectivity index (χ4v) is 3.91. The molecule has 5 nitrogen and oxygen atoms in total. The highest BCUT2D eigenvalue weighted by Crippen LogP contribution is 2.11. The van der Waals surface area contributed by atoms with Crippen molar-refractivity contribution < 1.29 is 34.3 Å². The minimum absolute atomic E-state index is 0. The van der Waals surface area contributed by atoms with Gasteiger partial charge in [0, 0.05) is 6.26 Å². The summed E-state index contributed by atoms with van der Waals surface area (Å²) < 4.78 is 29.9. The highest BCUT2D eigenvalue weighted by Gasteiger charge is 2.19. The summed E-state index contributed by atoms with van der Waals surface area (Å²) in [5.41, 5.74) is 0. The second-order valence-electron chi connectivity index (χ2n) is 10.4. The Balaban J connectivity index is -0.000000216. The summed E-state index contributed by atoms with van der Waals surface area (Å²) in [7, 11) is 0.974. The predicted molar refractivity (Wildman–Crippen MR) is 147 cm³/mol. The van der Waals surface area contributed by atoms with Gasteiger partial charge >= 0.3 is 0 Å². The van der Waals surface area contributed by atoms with Gasteiger partial charge in [0.1, 0.15) is 0 Å². The van der Waals surface area contributed by atoms with Crippen molar-refractivity contribution in [3.05, 3.63) is 0 Å². The van der Waals surface area contributed by atoms with Crippen LogP contribution in [-0.2, 0) is 10.1 Å². The van der Waals surface area contributed by atoms with E-state index in [0.29, 0.717) is 6.26 Å². The van der Waals surface area contributed by atoms with Crippen molar-refractivity contribution in [3.63, 3.8) is 0 Å². The van der Waals surface area contributed by atoms with E-state index < -0.39 is 10.1 Å². The molecule has 0 heterocycles. The highest BCUT2D eigenvalue weighted by atomic mass is 35.5. The molecule has 0 bridgehead atoms. The van der Waals surface area contributed by atoms with Crippen molar-refractivity contribution in [2.75, 3.05) is 59.6 Å². The Hall–Kier alpha value is 0.120. The molecule has 0 atom stereocenters. The van der Waals surface area contributed by atoms with Crippen LogP contribution in [0.3, 0.4) is 0 Å². The van der Waals surface area contributed by atoms with E-state index in [4.69, 9.17) is 13.0 Å². The van der Waals surface area contributed by atoms with Crippen molar-refractivity contribution in [1.29, 1.82) is 0 Å². The third kappa shape index (κ3) is 34.3. The molecule has 0 aliphatic carbocycles. The summed E-state index contributed by atoms with van der Waals surface area (Å²) in [5.74, 6) is 0. The number of rotatable bonds is 18. The van der Waals surface area contributed by atoms with Crippen LogP contribution in [0, 0.1) is 0 Å².